The van der Waals surface area contributed by atoms with Gasteiger partial charge in [-0.2, -0.15) is 0 Å². The third kappa shape index (κ3) is 107. The summed E-state index contributed by atoms with van der Waals surface area (Å²) in [5.74, 6) is 0. The van der Waals surface area contributed by atoms with Gasteiger partial charge in [0.25, 0.3) is 0 Å². The van der Waals surface area contributed by atoms with Crippen LogP contribution >= 0.6 is 43.2 Å². The Labute approximate surface area is 95.6 Å². The Bertz CT molecular complexity index is 19.0. The van der Waals surface area contributed by atoms with E-state index in [-0.39, 0.29) is 0 Å². The van der Waals surface area contributed by atoms with E-state index in [9.17, 15) is 0 Å². The fourth-order valence-corrected chi connectivity index (χ4v) is 0. The minimum absolute atomic E-state index is 1.77. The highest BCUT2D eigenvalue weighted by molar-refractivity contribution is 8.76. The van der Waals surface area contributed by atoms with Crippen LogP contribution in [0.15, 0.2) is 0 Å². The standard InChI is InChI=1S/2C2H6S2.2C2H6/c2*1-3-4-2;2*1-2/h2*1-2H3;2*1-2H3. The van der Waals surface area contributed by atoms with E-state index in [1.165, 1.54) is 0 Å². The van der Waals surface area contributed by atoms with Crippen molar-refractivity contribution < 1.29 is 0 Å². The average Bonchev–Trinajstić information content (AvgIpc) is 2.23. The Kier molecular flexibility index (Phi) is 107. The highest BCUT2D eigenvalue weighted by atomic mass is 33.1. The maximum Gasteiger partial charge on any atom is -0.00793 e. The fourth-order valence-electron chi connectivity index (χ4n) is 0. The van der Waals surface area contributed by atoms with E-state index in [0.717, 1.165) is 0 Å². The second kappa shape index (κ2) is 55.3. The monoisotopic (exact) mass is 248 g/mol. The summed E-state index contributed by atoms with van der Waals surface area (Å²) in [5.41, 5.74) is 0. The van der Waals surface area contributed by atoms with Crippen molar-refractivity contribution >= 4 is 43.2 Å². The van der Waals surface area contributed by atoms with Gasteiger partial charge in [0.1, 0.15) is 0 Å². The van der Waals surface area contributed by atoms with Gasteiger partial charge < -0.3 is 0 Å². The Morgan fingerprint density at radius 2 is 0.500 bits per heavy atom. The molecular formula is C8H24S4. The van der Waals surface area contributed by atoms with Crippen molar-refractivity contribution in [3.8, 4) is 0 Å². The molecular weight excluding hydrogens is 224 g/mol. The molecule has 0 aromatic heterocycles. The summed E-state index contributed by atoms with van der Waals surface area (Å²) >= 11 is 0. The summed E-state index contributed by atoms with van der Waals surface area (Å²) in [6, 6.07) is 0. The topological polar surface area (TPSA) is 0 Å². The van der Waals surface area contributed by atoms with Crippen LogP contribution in [0.1, 0.15) is 27.7 Å². The van der Waals surface area contributed by atoms with Gasteiger partial charge in [0.05, 0.1) is 0 Å². The molecule has 0 nitrogen and oxygen atoms in total. The summed E-state index contributed by atoms with van der Waals surface area (Å²) in [4.78, 5) is 0. The maximum atomic E-state index is 2.06. The predicted molar refractivity (Wildman–Crippen MR) is 76.8 cm³/mol. The molecule has 0 bridgehead atoms. The molecule has 0 heterocycles. The molecule has 4 heteroatoms. The summed E-state index contributed by atoms with van der Waals surface area (Å²) in [6.45, 7) is 8.00. The van der Waals surface area contributed by atoms with Crippen molar-refractivity contribution in [2.24, 2.45) is 0 Å². The zero-order valence-corrected chi connectivity index (χ0v) is 12.9. The van der Waals surface area contributed by atoms with Gasteiger partial charge in [0.2, 0.25) is 0 Å². The molecule has 0 rings (SSSR count). The molecule has 0 aromatic rings. The van der Waals surface area contributed by atoms with Crippen molar-refractivity contribution in [3.05, 3.63) is 0 Å². The minimum atomic E-state index is 1.77. The number of hydrogen-bond donors (Lipinski definition) is 0. The van der Waals surface area contributed by atoms with Crippen LogP contribution in [-0.4, -0.2) is 25.0 Å². The molecule has 0 aromatic carbocycles. The van der Waals surface area contributed by atoms with Crippen LogP contribution in [0, 0.1) is 0 Å². The first-order chi connectivity index (χ1) is 5.83. The van der Waals surface area contributed by atoms with Crippen LogP contribution in [0.3, 0.4) is 0 Å². The molecule has 0 amide bonds. The van der Waals surface area contributed by atoms with E-state index >= 15 is 0 Å². The molecule has 0 atom stereocenters. The summed E-state index contributed by atoms with van der Waals surface area (Å²) < 4.78 is 0. The molecule has 0 aliphatic carbocycles. The van der Waals surface area contributed by atoms with E-state index in [1.54, 1.807) is 43.2 Å². The molecule has 0 aliphatic rings. The lowest BCUT2D eigenvalue weighted by atomic mass is 11.0. The third-order valence-corrected chi connectivity index (χ3v) is 3.00. The van der Waals surface area contributed by atoms with E-state index in [1.807, 2.05) is 27.7 Å². The van der Waals surface area contributed by atoms with Crippen LogP contribution in [0.4, 0.5) is 0 Å². The van der Waals surface area contributed by atoms with E-state index in [0.29, 0.717) is 0 Å². The molecule has 0 unspecified atom stereocenters. The first-order valence-corrected chi connectivity index (χ1v) is 9.90. The Hall–Kier alpha value is 1.40. The van der Waals surface area contributed by atoms with Crippen LogP contribution in [0.25, 0.3) is 0 Å². The summed E-state index contributed by atoms with van der Waals surface area (Å²) in [7, 11) is 7.09. The van der Waals surface area contributed by atoms with Crippen LogP contribution in [0.5, 0.6) is 0 Å². The van der Waals surface area contributed by atoms with Crippen LogP contribution < -0.4 is 0 Å². The van der Waals surface area contributed by atoms with Gasteiger partial charge in [-0.3, -0.25) is 0 Å². The predicted octanol–water partition coefficient (Wildman–Crippen LogP) is 5.31. The number of rotatable bonds is 2. The fraction of sp³-hybridized carbons (Fsp3) is 1.00. The van der Waals surface area contributed by atoms with Gasteiger partial charge in [-0.1, -0.05) is 70.9 Å². The lowest BCUT2D eigenvalue weighted by molar-refractivity contribution is 1.50. The second-order valence-electron chi connectivity index (χ2n) is 0.667. The van der Waals surface area contributed by atoms with Gasteiger partial charge in [-0.25, -0.2) is 0 Å². The highest BCUT2D eigenvalue weighted by Crippen LogP contribution is 2.09. The van der Waals surface area contributed by atoms with Crippen molar-refractivity contribution in [1.82, 2.24) is 0 Å². The Morgan fingerprint density at radius 3 is 0.500 bits per heavy atom. The van der Waals surface area contributed by atoms with Crippen LogP contribution in [0.2, 0.25) is 0 Å². The van der Waals surface area contributed by atoms with Gasteiger partial charge >= 0.3 is 0 Å². The SMILES string of the molecule is CC.CC.CSSC.CSSC. The first kappa shape index (κ1) is 23.3. The number of hydrogen-bond acceptors (Lipinski definition) is 4. The lowest BCUT2D eigenvalue weighted by Gasteiger charge is -1.69. The lowest BCUT2D eigenvalue weighted by Crippen LogP contribution is -1.28. The van der Waals surface area contributed by atoms with E-state index < -0.39 is 0 Å². The quantitative estimate of drug-likeness (QED) is 0.607. The largest absolute Gasteiger partial charge is 0.0979 e. The normalized spacial score (nSPS) is 6.00. The van der Waals surface area contributed by atoms with Gasteiger partial charge in [-0.05, 0) is 25.0 Å². The van der Waals surface area contributed by atoms with Crippen molar-refractivity contribution in [2.75, 3.05) is 25.0 Å². The average molecular weight is 249 g/mol. The molecule has 12 heavy (non-hydrogen) atoms. The molecule has 0 N–H and O–H groups in total. The van der Waals surface area contributed by atoms with Crippen molar-refractivity contribution in [1.29, 1.82) is 0 Å². The van der Waals surface area contributed by atoms with Gasteiger partial charge in [0, 0.05) is 0 Å². The van der Waals surface area contributed by atoms with Crippen LogP contribution in [-0.2, 0) is 0 Å². The molecule has 80 valence electrons. The third-order valence-electron chi connectivity index (χ3n) is 0.333. The van der Waals surface area contributed by atoms with Gasteiger partial charge in [-0.15, -0.1) is 0 Å². The smallest absolute Gasteiger partial charge is 0.00793 e. The van der Waals surface area contributed by atoms with Crippen molar-refractivity contribution in [2.45, 2.75) is 27.7 Å². The molecule has 0 saturated carbocycles. The van der Waals surface area contributed by atoms with E-state index in [4.69, 9.17) is 0 Å². The molecule has 0 saturated heterocycles. The molecule has 0 aliphatic heterocycles. The highest BCUT2D eigenvalue weighted by Gasteiger charge is 1.55. The minimum Gasteiger partial charge on any atom is -0.0979 e. The summed E-state index contributed by atoms with van der Waals surface area (Å²) in [5, 5.41) is 0. The first-order valence-electron chi connectivity index (χ1n) is 3.97. The Morgan fingerprint density at radius 1 is 0.417 bits per heavy atom. The second-order valence-corrected chi connectivity index (χ2v) is 6.00. The zero-order valence-electron chi connectivity index (χ0n) is 9.63. The Balaban J connectivity index is -0.0000000380. The van der Waals surface area contributed by atoms with E-state index in [2.05, 4.69) is 25.0 Å². The molecule has 0 fully saturated rings. The summed E-state index contributed by atoms with van der Waals surface area (Å²) in [6.07, 6.45) is 8.24. The van der Waals surface area contributed by atoms with Crippen molar-refractivity contribution in [3.63, 3.8) is 0 Å². The molecule has 0 radical (unpaired) electrons. The molecule has 0 spiro atoms. The zero-order chi connectivity index (χ0) is 10.8. The maximum absolute atomic E-state index is 2.06. The van der Waals surface area contributed by atoms with Gasteiger partial charge in [0.15, 0.2) is 0 Å².